The molecule has 0 aliphatic carbocycles. The van der Waals surface area contributed by atoms with Gasteiger partial charge in [0, 0.05) is 26.3 Å². The van der Waals surface area contributed by atoms with E-state index in [-0.39, 0.29) is 12.0 Å². The van der Waals surface area contributed by atoms with Crippen LogP contribution in [0, 0.1) is 6.92 Å². The van der Waals surface area contributed by atoms with Crippen LogP contribution >= 0.6 is 0 Å². The number of aromatic nitrogens is 2. The first-order chi connectivity index (χ1) is 10.9. The molecule has 3 rings (SSSR count). The zero-order chi connectivity index (χ0) is 16.6. The monoisotopic (exact) mass is 320 g/mol. The third kappa shape index (κ3) is 2.92. The normalized spacial score (nSPS) is 24.4. The van der Waals surface area contributed by atoms with E-state index in [1.165, 1.54) is 0 Å². The fraction of sp³-hybridized carbons (Fsp3) is 0.688. The lowest BCUT2D eigenvalue weighted by Crippen LogP contribution is -2.52. The molecule has 1 atom stereocenters. The highest BCUT2D eigenvalue weighted by molar-refractivity contribution is 5.95. The summed E-state index contributed by atoms with van der Waals surface area (Å²) in [4.78, 5) is 28.0. The number of carbonyl (C=O) groups is 2. The van der Waals surface area contributed by atoms with Gasteiger partial charge in [-0.25, -0.2) is 4.79 Å². The van der Waals surface area contributed by atoms with Crippen molar-refractivity contribution < 1.29 is 14.3 Å². The van der Waals surface area contributed by atoms with Gasteiger partial charge in [0.1, 0.15) is 5.60 Å². The maximum absolute atomic E-state index is 12.9. The van der Waals surface area contributed by atoms with Crippen LogP contribution in [0.15, 0.2) is 6.20 Å². The van der Waals surface area contributed by atoms with Crippen LogP contribution in [0.2, 0.25) is 0 Å². The molecule has 2 aliphatic rings. The van der Waals surface area contributed by atoms with Gasteiger partial charge in [-0.05, 0) is 26.2 Å². The molecule has 0 radical (unpaired) electrons. The van der Waals surface area contributed by atoms with Crippen molar-refractivity contribution in [3.63, 3.8) is 0 Å². The number of likely N-dealkylation sites (N-methyl/N-ethyl adjacent to an activating group) is 1. The minimum absolute atomic E-state index is 0.0190. The van der Waals surface area contributed by atoms with Crippen molar-refractivity contribution in [2.24, 2.45) is 0 Å². The lowest BCUT2D eigenvalue weighted by Gasteiger charge is -2.38. The van der Waals surface area contributed by atoms with Crippen molar-refractivity contribution in [1.82, 2.24) is 19.6 Å². The van der Waals surface area contributed by atoms with Gasteiger partial charge in [0.15, 0.2) is 0 Å². The van der Waals surface area contributed by atoms with Gasteiger partial charge in [-0.3, -0.25) is 9.48 Å². The average Bonchev–Trinajstić information content (AvgIpc) is 2.99. The molecule has 1 spiro atoms. The molecule has 7 heteroatoms. The highest BCUT2D eigenvalue weighted by Gasteiger charge is 2.47. The van der Waals surface area contributed by atoms with Gasteiger partial charge < -0.3 is 14.5 Å². The Kier molecular flexibility index (Phi) is 4.04. The summed E-state index contributed by atoms with van der Waals surface area (Å²) in [7, 11) is 1.73. The van der Waals surface area contributed by atoms with Crippen molar-refractivity contribution in [3.05, 3.63) is 17.5 Å². The van der Waals surface area contributed by atoms with E-state index >= 15 is 0 Å². The molecule has 126 valence electrons. The molecule has 0 N–H and O–H groups in total. The van der Waals surface area contributed by atoms with Crippen molar-refractivity contribution in [1.29, 1.82) is 0 Å². The number of amides is 2. The molecule has 2 saturated heterocycles. The van der Waals surface area contributed by atoms with E-state index in [1.807, 2.05) is 17.8 Å². The summed E-state index contributed by atoms with van der Waals surface area (Å²) < 4.78 is 7.39. The van der Waals surface area contributed by atoms with Crippen LogP contribution in [-0.2, 0) is 11.3 Å². The summed E-state index contributed by atoms with van der Waals surface area (Å²) in [6.45, 7) is 6.45. The molecule has 2 aliphatic heterocycles. The van der Waals surface area contributed by atoms with Gasteiger partial charge in [-0.2, -0.15) is 5.10 Å². The lowest BCUT2D eigenvalue weighted by molar-refractivity contribution is -0.00524. The molecule has 23 heavy (non-hydrogen) atoms. The Labute approximate surface area is 136 Å². The van der Waals surface area contributed by atoms with Crippen molar-refractivity contribution in [2.45, 2.75) is 45.3 Å². The first-order valence-corrected chi connectivity index (χ1v) is 8.21. The quantitative estimate of drug-likeness (QED) is 0.849. The minimum atomic E-state index is -0.549. The highest BCUT2D eigenvalue weighted by atomic mass is 16.6. The Morgan fingerprint density at radius 1 is 1.43 bits per heavy atom. The SMILES string of the molecule is CCCn1cc(C(=O)N2CCCC3(CN(C)C(=O)O3)C2)c(C)n1. The maximum atomic E-state index is 12.9. The number of aryl methyl sites for hydroxylation is 2. The lowest BCUT2D eigenvalue weighted by atomic mass is 9.92. The minimum Gasteiger partial charge on any atom is -0.439 e. The third-order valence-corrected chi connectivity index (χ3v) is 4.60. The van der Waals surface area contributed by atoms with Gasteiger partial charge >= 0.3 is 6.09 Å². The number of nitrogens with zero attached hydrogens (tertiary/aromatic N) is 4. The van der Waals surface area contributed by atoms with Gasteiger partial charge in [0.2, 0.25) is 0 Å². The number of rotatable bonds is 3. The average molecular weight is 320 g/mol. The molecular weight excluding hydrogens is 296 g/mol. The van der Waals surface area contributed by atoms with E-state index in [1.54, 1.807) is 16.8 Å². The molecule has 1 aromatic heterocycles. The molecule has 0 saturated carbocycles. The summed E-state index contributed by atoms with van der Waals surface area (Å²) in [5.74, 6) is -0.0190. The molecule has 2 amide bonds. The third-order valence-electron chi connectivity index (χ3n) is 4.60. The molecular formula is C16H24N4O3. The topological polar surface area (TPSA) is 67.7 Å². The molecule has 7 nitrogen and oxygen atoms in total. The zero-order valence-electron chi connectivity index (χ0n) is 14.0. The number of carbonyl (C=O) groups excluding carboxylic acids is 2. The highest BCUT2D eigenvalue weighted by Crippen LogP contribution is 2.32. The number of ether oxygens (including phenoxy) is 1. The van der Waals surface area contributed by atoms with Crippen LogP contribution in [0.4, 0.5) is 4.79 Å². The standard InChI is InChI=1S/C16H24N4O3/c1-4-7-20-9-13(12(2)17-20)14(21)19-8-5-6-16(11-19)10-18(3)15(22)23-16/h9H,4-8,10-11H2,1-3H3. The summed E-state index contributed by atoms with van der Waals surface area (Å²) in [5.41, 5.74) is 0.851. The largest absolute Gasteiger partial charge is 0.439 e. The predicted molar refractivity (Wildman–Crippen MR) is 84.2 cm³/mol. The number of likely N-dealkylation sites (tertiary alicyclic amines) is 1. The first kappa shape index (κ1) is 15.8. The predicted octanol–water partition coefficient (Wildman–Crippen LogP) is 1.66. The second-order valence-electron chi connectivity index (χ2n) is 6.63. The summed E-state index contributed by atoms with van der Waals surface area (Å²) in [6.07, 6.45) is 4.15. The van der Waals surface area contributed by atoms with Gasteiger partial charge in [-0.15, -0.1) is 0 Å². The molecule has 2 fully saturated rings. The Morgan fingerprint density at radius 3 is 2.87 bits per heavy atom. The Hall–Kier alpha value is -2.05. The van der Waals surface area contributed by atoms with Gasteiger partial charge in [-0.1, -0.05) is 6.92 Å². The summed E-state index contributed by atoms with van der Waals surface area (Å²) >= 11 is 0. The molecule has 1 aromatic rings. The first-order valence-electron chi connectivity index (χ1n) is 8.21. The number of hydrogen-bond donors (Lipinski definition) is 0. The van der Waals surface area contributed by atoms with Gasteiger partial charge in [0.25, 0.3) is 5.91 Å². The fourth-order valence-electron chi connectivity index (χ4n) is 3.52. The molecule has 1 unspecified atom stereocenters. The van der Waals surface area contributed by atoms with E-state index in [0.29, 0.717) is 25.2 Å². The molecule has 0 aromatic carbocycles. The second-order valence-corrected chi connectivity index (χ2v) is 6.63. The van der Waals surface area contributed by atoms with E-state index in [0.717, 1.165) is 31.5 Å². The van der Waals surface area contributed by atoms with Crippen LogP contribution in [0.3, 0.4) is 0 Å². The van der Waals surface area contributed by atoms with Crippen molar-refractivity contribution in [2.75, 3.05) is 26.7 Å². The van der Waals surface area contributed by atoms with E-state index in [2.05, 4.69) is 12.0 Å². The summed E-state index contributed by atoms with van der Waals surface area (Å²) in [6, 6.07) is 0. The Morgan fingerprint density at radius 2 is 2.22 bits per heavy atom. The second kappa shape index (κ2) is 5.86. The molecule has 3 heterocycles. The Balaban J connectivity index is 1.76. The van der Waals surface area contributed by atoms with Crippen LogP contribution in [0.5, 0.6) is 0 Å². The van der Waals surface area contributed by atoms with Crippen molar-refractivity contribution in [3.8, 4) is 0 Å². The van der Waals surface area contributed by atoms with Crippen LogP contribution in [-0.4, -0.2) is 63.9 Å². The van der Waals surface area contributed by atoms with E-state index < -0.39 is 5.60 Å². The maximum Gasteiger partial charge on any atom is 0.410 e. The number of hydrogen-bond acceptors (Lipinski definition) is 4. The van der Waals surface area contributed by atoms with Crippen LogP contribution in [0.25, 0.3) is 0 Å². The zero-order valence-corrected chi connectivity index (χ0v) is 14.0. The van der Waals surface area contributed by atoms with Crippen LogP contribution < -0.4 is 0 Å². The Bertz CT molecular complexity index is 627. The summed E-state index contributed by atoms with van der Waals surface area (Å²) in [5, 5.41) is 4.40. The smallest absolute Gasteiger partial charge is 0.410 e. The van der Waals surface area contributed by atoms with Crippen LogP contribution in [0.1, 0.15) is 42.2 Å². The van der Waals surface area contributed by atoms with Crippen molar-refractivity contribution >= 4 is 12.0 Å². The van der Waals surface area contributed by atoms with Gasteiger partial charge in [0.05, 0.1) is 24.3 Å². The van der Waals surface area contributed by atoms with E-state index in [9.17, 15) is 9.59 Å². The molecule has 0 bridgehead atoms. The fourth-order valence-corrected chi connectivity index (χ4v) is 3.52. The van der Waals surface area contributed by atoms with E-state index in [4.69, 9.17) is 4.74 Å². The number of piperidine rings is 1.